The van der Waals surface area contributed by atoms with Gasteiger partial charge in [0.2, 0.25) is 10.0 Å². The van der Waals surface area contributed by atoms with Crippen molar-refractivity contribution in [2.45, 2.75) is 43.4 Å². The first-order valence-corrected chi connectivity index (χ1v) is 13.0. The molecule has 0 aliphatic carbocycles. The van der Waals surface area contributed by atoms with Crippen molar-refractivity contribution in [3.63, 3.8) is 0 Å². The molecule has 0 radical (unpaired) electrons. The molecule has 2 N–H and O–H groups in total. The predicted molar refractivity (Wildman–Crippen MR) is 128 cm³/mol. The Kier molecular flexibility index (Phi) is 7.35. The third-order valence-electron chi connectivity index (χ3n) is 6.42. The number of ether oxygens (including phenoxy) is 1. The van der Waals surface area contributed by atoms with Crippen molar-refractivity contribution in [1.29, 1.82) is 0 Å². The average molecular weight is 475 g/mol. The standard InChI is InChI=1S/C24H34N4O4S/c1-17(2)8-10-28-15-21-23(16-28)32-22-11-18(19-5-4-9-25-12-19)6-7-24(22)33(30,31)26-13-20(29)14-27(21)3/h4-7,9,11-12,17,20-21,23,26,29H,8,10,13-16H2,1-3H3/t20-,21+,23-/m0/s1. The minimum atomic E-state index is -3.85. The Labute approximate surface area is 196 Å². The minimum Gasteiger partial charge on any atom is -0.486 e. The summed E-state index contributed by atoms with van der Waals surface area (Å²) in [6.45, 7) is 7.23. The maximum absolute atomic E-state index is 13.1. The fourth-order valence-electron chi connectivity index (χ4n) is 4.51. The number of likely N-dealkylation sites (tertiary alicyclic amines) is 1. The maximum atomic E-state index is 13.1. The van der Waals surface area contributed by atoms with E-state index in [1.807, 2.05) is 19.2 Å². The van der Waals surface area contributed by atoms with Crippen LogP contribution in [-0.2, 0) is 10.0 Å². The summed E-state index contributed by atoms with van der Waals surface area (Å²) in [5.74, 6) is 0.932. The molecule has 180 valence electrons. The van der Waals surface area contributed by atoms with Crippen LogP contribution in [0.5, 0.6) is 5.75 Å². The predicted octanol–water partition coefficient (Wildman–Crippen LogP) is 1.81. The highest BCUT2D eigenvalue weighted by Crippen LogP contribution is 2.33. The summed E-state index contributed by atoms with van der Waals surface area (Å²) in [4.78, 5) is 8.74. The van der Waals surface area contributed by atoms with Crippen LogP contribution in [-0.4, -0.2) is 86.3 Å². The second-order valence-electron chi connectivity index (χ2n) is 9.51. The topological polar surface area (TPSA) is 95.0 Å². The van der Waals surface area contributed by atoms with Crippen LogP contribution in [0.4, 0.5) is 0 Å². The van der Waals surface area contributed by atoms with E-state index < -0.39 is 16.1 Å². The SMILES string of the molecule is CC(C)CCN1C[C@@H]2Oc3cc(-c4cccnc4)ccc3S(=O)(=O)NC[C@H](O)CN(C)[C@@H]2C1. The van der Waals surface area contributed by atoms with Crippen molar-refractivity contribution in [3.05, 3.63) is 42.7 Å². The van der Waals surface area contributed by atoms with Gasteiger partial charge in [0.05, 0.1) is 12.1 Å². The number of sulfonamides is 1. The van der Waals surface area contributed by atoms with Crippen molar-refractivity contribution in [3.8, 4) is 16.9 Å². The quantitative estimate of drug-likeness (QED) is 0.698. The third kappa shape index (κ3) is 5.73. The van der Waals surface area contributed by atoms with E-state index in [0.717, 1.165) is 30.6 Å². The first-order chi connectivity index (χ1) is 15.7. The van der Waals surface area contributed by atoms with E-state index >= 15 is 0 Å². The van der Waals surface area contributed by atoms with Gasteiger partial charge in [-0.05, 0) is 49.7 Å². The molecule has 0 unspecified atom stereocenters. The Morgan fingerprint density at radius 2 is 2.03 bits per heavy atom. The van der Waals surface area contributed by atoms with Crippen molar-refractivity contribution >= 4 is 10.0 Å². The van der Waals surface area contributed by atoms with Gasteiger partial charge in [-0.15, -0.1) is 0 Å². The Hall–Kier alpha value is -2.04. The van der Waals surface area contributed by atoms with Crippen molar-refractivity contribution in [1.82, 2.24) is 19.5 Å². The highest BCUT2D eigenvalue weighted by atomic mass is 32.2. The third-order valence-corrected chi connectivity index (χ3v) is 7.88. The number of nitrogens with zero attached hydrogens (tertiary/aromatic N) is 3. The number of aliphatic hydroxyl groups is 1. The number of pyridine rings is 1. The molecule has 0 spiro atoms. The van der Waals surface area contributed by atoms with Crippen LogP contribution in [0.2, 0.25) is 0 Å². The molecule has 0 bridgehead atoms. The van der Waals surface area contributed by atoms with E-state index in [1.54, 1.807) is 30.6 Å². The molecule has 1 aromatic carbocycles. The lowest BCUT2D eigenvalue weighted by molar-refractivity contribution is 0.0713. The summed E-state index contributed by atoms with van der Waals surface area (Å²) in [7, 11) is -1.89. The monoisotopic (exact) mass is 474 g/mol. The number of likely N-dealkylation sites (N-methyl/N-ethyl adjacent to an activating group) is 1. The van der Waals surface area contributed by atoms with E-state index in [2.05, 4.69) is 33.4 Å². The highest BCUT2D eigenvalue weighted by molar-refractivity contribution is 7.89. The van der Waals surface area contributed by atoms with Crippen LogP contribution in [0.3, 0.4) is 0 Å². The van der Waals surface area contributed by atoms with Gasteiger partial charge in [0.25, 0.3) is 0 Å². The Bertz CT molecular complexity index is 1050. The van der Waals surface area contributed by atoms with E-state index in [9.17, 15) is 13.5 Å². The van der Waals surface area contributed by atoms with Gasteiger partial charge < -0.3 is 9.84 Å². The minimum absolute atomic E-state index is 0.0440. The second kappa shape index (κ2) is 10.1. The van der Waals surface area contributed by atoms with Crippen LogP contribution >= 0.6 is 0 Å². The smallest absolute Gasteiger partial charge is 0.244 e. The number of hydrogen-bond acceptors (Lipinski definition) is 7. The number of aromatic nitrogens is 1. The molecule has 1 saturated heterocycles. The van der Waals surface area contributed by atoms with Gasteiger partial charge in [-0.25, -0.2) is 13.1 Å². The normalized spacial score (nSPS) is 26.3. The molecule has 1 aromatic heterocycles. The number of aliphatic hydroxyl groups excluding tert-OH is 1. The first-order valence-electron chi connectivity index (χ1n) is 11.5. The fourth-order valence-corrected chi connectivity index (χ4v) is 5.70. The zero-order valence-corrected chi connectivity index (χ0v) is 20.3. The summed E-state index contributed by atoms with van der Waals surface area (Å²) in [6, 6.07) is 8.95. The van der Waals surface area contributed by atoms with Crippen LogP contribution in [0.1, 0.15) is 20.3 Å². The number of hydrogen-bond donors (Lipinski definition) is 2. The zero-order valence-electron chi connectivity index (χ0n) is 19.5. The Morgan fingerprint density at radius 1 is 1.21 bits per heavy atom. The molecule has 9 heteroatoms. The summed E-state index contributed by atoms with van der Waals surface area (Å²) < 4.78 is 35.2. The molecule has 2 aliphatic rings. The summed E-state index contributed by atoms with van der Waals surface area (Å²) in [5, 5.41) is 10.5. The van der Waals surface area contributed by atoms with Crippen LogP contribution < -0.4 is 9.46 Å². The summed E-state index contributed by atoms with van der Waals surface area (Å²) in [5.41, 5.74) is 1.73. The maximum Gasteiger partial charge on any atom is 0.244 e. The average Bonchev–Trinajstić information content (AvgIpc) is 3.19. The van der Waals surface area contributed by atoms with Gasteiger partial charge in [0, 0.05) is 44.1 Å². The molecule has 0 amide bonds. The largest absolute Gasteiger partial charge is 0.486 e. The van der Waals surface area contributed by atoms with Gasteiger partial charge in [-0.2, -0.15) is 0 Å². The van der Waals surface area contributed by atoms with Crippen molar-refractivity contribution in [2.75, 3.05) is 39.8 Å². The van der Waals surface area contributed by atoms with Crippen molar-refractivity contribution in [2.24, 2.45) is 5.92 Å². The number of benzene rings is 1. The molecule has 3 heterocycles. The number of rotatable bonds is 4. The highest BCUT2D eigenvalue weighted by Gasteiger charge is 2.39. The van der Waals surface area contributed by atoms with E-state index in [1.165, 1.54) is 0 Å². The van der Waals surface area contributed by atoms with Gasteiger partial charge in [0.1, 0.15) is 16.7 Å². The van der Waals surface area contributed by atoms with Crippen LogP contribution in [0, 0.1) is 5.92 Å². The second-order valence-corrected chi connectivity index (χ2v) is 11.2. The molecule has 33 heavy (non-hydrogen) atoms. The summed E-state index contributed by atoms with van der Waals surface area (Å²) >= 11 is 0. The molecule has 2 aromatic rings. The molecular formula is C24H34N4O4S. The summed E-state index contributed by atoms with van der Waals surface area (Å²) in [6.07, 6.45) is 3.51. The fraction of sp³-hybridized carbons (Fsp3) is 0.542. The van der Waals surface area contributed by atoms with Gasteiger partial charge in [-0.1, -0.05) is 26.0 Å². The lowest BCUT2D eigenvalue weighted by Gasteiger charge is -2.30. The number of β-amino-alcohol motifs (C(OH)–C–C–N with tert-alkyl or cyclic N) is 1. The number of nitrogens with one attached hydrogen (secondary N) is 1. The van der Waals surface area contributed by atoms with E-state index in [0.29, 0.717) is 24.8 Å². The zero-order chi connectivity index (χ0) is 23.6. The van der Waals surface area contributed by atoms with Gasteiger partial charge >= 0.3 is 0 Å². The first kappa shape index (κ1) is 24.1. The number of fused-ring (bicyclic) bond motifs is 2. The lowest BCUT2D eigenvalue weighted by atomic mass is 10.1. The van der Waals surface area contributed by atoms with E-state index in [4.69, 9.17) is 4.74 Å². The molecular weight excluding hydrogens is 440 g/mol. The van der Waals surface area contributed by atoms with Gasteiger partial charge in [-0.3, -0.25) is 14.8 Å². The van der Waals surface area contributed by atoms with E-state index in [-0.39, 0.29) is 23.6 Å². The molecule has 2 aliphatic heterocycles. The Morgan fingerprint density at radius 3 is 2.76 bits per heavy atom. The van der Waals surface area contributed by atoms with Gasteiger partial charge in [0.15, 0.2) is 0 Å². The molecule has 4 rings (SSSR count). The lowest BCUT2D eigenvalue weighted by Crippen LogP contribution is -2.47. The molecule has 1 fully saturated rings. The van der Waals surface area contributed by atoms with Crippen LogP contribution in [0.25, 0.3) is 11.1 Å². The molecule has 0 saturated carbocycles. The van der Waals surface area contributed by atoms with Crippen LogP contribution in [0.15, 0.2) is 47.6 Å². The molecule has 8 nitrogen and oxygen atoms in total. The molecule has 3 atom stereocenters. The van der Waals surface area contributed by atoms with Crippen molar-refractivity contribution < 1.29 is 18.3 Å². The Balaban J connectivity index is 1.72.